The number of carbonyl (C=O) groups is 1. The third kappa shape index (κ3) is 4.43. The van der Waals surface area contributed by atoms with E-state index in [2.05, 4.69) is 41.1 Å². The summed E-state index contributed by atoms with van der Waals surface area (Å²) in [5.74, 6) is 0.430. The molecule has 4 rings (SSSR count). The van der Waals surface area contributed by atoms with Crippen LogP contribution in [0.15, 0.2) is 48.5 Å². The van der Waals surface area contributed by atoms with Crippen molar-refractivity contribution in [1.82, 2.24) is 9.88 Å². The predicted molar refractivity (Wildman–Crippen MR) is 118 cm³/mol. The molecule has 2 aromatic carbocycles. The van der Waals surface area contributed by atoms with Crippen molar-refractivity contribution in [3.05, 3.63) is 64.0 Å². The molecule has 0 unspecified atom stereocenters. The molecule has 5 nitrogen and oxygen atoms in total. The summed E-state index contributed by atoms with van der Waals surface area (Å²) in [7, 11) is 0. The minimum atomic E-state index is 0.160. The van der Waals surface area contributed by atoms with E-state index in [-0.39, 0.29) is 11.7 Å². The molecule has 1 saturated heterocycles. The number of thiazole rings is 1. The SMILES string of the molecule is Cc1ccc(-c2nc(C)sc2CC(=O)N2CCN(c3ccc(O)cc3)CC2)cc1. The summed E-state index contributed by atoms with van der Waals surface area (Å²) in [6.07, 6.45) is 0.397. The van der Waals surface area contributed by atoms with E-state index in [0.29, 0.717) is 19.5 Å². The Kier molecular flexibility index (Phi) is 5.53. The Morgan fingerprint density at radius 3 is 2.31 bits per heavy atom. The number of amides is 1. The summed E-state index contributed by atoms with van der Waals surface area (Å²) in [5, 5.41) is 10.4. The number of aromatic nitrogens is 1. The average Bonchev–Trinajstić information content (AvgIpc) is 3.09. The highest BCUT2D eigenvalue weighted by Gasteiger charge is 2.23. The van der Waals surface area contributed by atoms with Gasteiger partial charge in [0.15, 0.2) is 0 Å². The number of phenols is 1. The van der Waals surface area contributed by atoms with Crippen molar-refractivity contribution in [2.24, 2.45) is 0 Å². The molecule has 1 N–H and O–H groups in total. The van der Waals surface area contributed by atoms with Crippen LogP contribution in [0.5, 0.6) is 5.75 Å². The molecule has 2 heterocycles. The quantitative estimate of drug-likeness (QED) is 0.710. The van der Waals surface area contributed by atoms with Crippen LogP contribution in [0.4, 0.5) is 5.69 Å². The first-order chi connectivity index (χ1) is 14.0. The molecule has 29 heavy (non-hydrogen) atoms. The number of hydrogen-bond acceptors (Lipinski definition) is 5. The summed E-state index contributed by atoms with van der Waals surface area (Å²) >= 11 is 1.61. The number of benzene rings is 2. The van der Waals surface area contributed by atoms with Gasteiger partial charge in [-0.05, 0) is 38.1 Å². The van der Waals surface area contributed by atoms with Crippen LogP contribution in [-0.2, 0) is 11.2 Å². The molecule has 6 heteroatoms. The second-order valence-corrected chi connectivity index (χ2v) is 8.72. The molecule has 1 aliphatic heterocycles. The smallest absolute Gasteiger partial charge is 0.228 e. The standard InChI is InChI=1S/C23H25N3O2S/c1-16-3-5-18(6-4-16)23-21(29-17(2)24-23)15-22(28)26-13-11-25(12-14-26)19-7-9-20(27)10-8-19/h3-10,27H,11-15H2,1-2H3. The molecule has 150 valence electrons. The number of aryl methyl sites for hydroxylation is 2. The Hall–Kier alpha value is -2.86. The number of hydrogen-bond donors (Lipinski definition) is 1. The molecule has 1 aliphatic rings. The van der Waals surface area contributed by atoms with E-state index in [1.54, 1.807) is 23.5 Å². The summed E-state index contributed by atoms with van der Waals surface area (Å²) in [4.78, 5) is 22.9. The van der Waals surface area contributed by atoms with Gasteiger partial charge in [0, 0.05) is 42.3 Å². The monoisotopic (exact) mass is 407 g/mol. The van der Waals surface area contributed by atoms with Crippen molar-refractivity contribution >= 4 is 22.9 Å². The maximum Gasteiger partial charge on any atom is 0.228 e. The van der Waals surface area contributed by atoms with Crippen molar-refractivity contribution < 1.29 is 9.90 Å². The second kappa shape index (κ2) is 8.25. The van der Waals surface area contributed by atoms with E-state index in [0.717, 1.165) is 39.9 Å². The molecule has 0 saturated carbocycles. The predicted octanol–water partition coefficient (Wildman–Crippen LogP) is 4.02. The molecular formula is C23H25N3O2S. The Morgan fingerprint density at radius 1 is 1.00 bits per heavy atom. The first kappa shape index (κ1) is 19.5. The summed E-state index contributed by atoms with van der Waals surface area (Å²) < 4.78 is 0. The molecule has 1 fully saturated rings. The first-order valence-electron chi connectivity index (χ1n) is 9.85. The lowest BCUT2D eigenvalue weighted by Crippen LogP contribution is -2.49. The normalized spacial score (nSPS) is 14.3. The fourth-order valence-electron chi connectivity index (χ4n) is 3.65. The lowest BCUT2D eigenvalue weighted by atomic mass is 10.1. The number of anilines is 1. The van der Waals surface area contributed by atoms with Gasteiger partial charge in [0.1, 0.15) is 5.75 Å². The van der Waals surface area contributed by atoms with Crippen molar-refractivity contribution in [2.45, 2.75) is 20.3 Å². The zero-order chi connectivity index (χ0) is 20.4. The molecule has 1 aromatic heterocycles. The van der Waals surface area contributed by atoms with E-state index in [1.807, 2.05) is 24.0 Å². The van der Waals surface area contributed by atoms with Gasteiger partial charge in [-0.1, -0.05) is 29.8 Å². The minimum absolute atomic E-state index is 0.160. The van der Waals surface area contributed by atoms with E-state index in [4.69, 9.17) is 0 Å². The number of aromatic hydroxyl groups is 1. The van der Waals surface area contributed by atoms with Crippen molar-refractivity contribution in [2.75, 3.05) is 31.1 Å². The van der Waals surface area contributed by atoms with Crippen LogP contribution in [0.1, 0.15) is 15.4 Å². The highest BCUT2D eigenvalue weighted by molar-refractivity contribution is 7.12. The Morgan fingerprint density at radius 2 is 1.66 bits per heavy atom. The molecular weight excluding hydrogens is 382 g/mol. The Balaban J connectivity index is 1.42. The van der Waals surface area contributed by atoms with Gasteiger partial charge < -0.3 is 14.9 Å². The lowest BCUT2D eigenvalue weighted by Gasteiger charge is -2.36. The zero-order valence-corrected chi connectivity index (χ0v) is 17.6. The molecule has 0 atom stereocenters. The Bertz CT molecular complexity index is 988. The van der Waals surface area contributed by atoms with Crippen LogP contribution < -0.4 is 4.90 Å². The van der Waals surface area contributed by atoms with Crippen molar-refractivity contribution in [1.29, 1.82) is 0 Å². The maximum absolute atomic E-state index is 13.0. The second-order valence-electron chi connectivity index (χ2n) is 7.43. The number of carbonyl (C=O) groups excluding carboxylic acids is 1. The van der Waals surface area contributed by atoms with Gasteiger partial charge in [-0.15, -0.1) is 11.3 Å². The summed E-state index contributed by atoms with van der Waals surface area (Å²) in [5.41, 5.74) is 4.29. The highest BCUT2D eigenvalue weighted by atomic mass is 32.1. The van der Waals surface area contributed by atoms with E-state index >= 15 is 0 Å². The third-order valence-electron chi connectivity index (χ3n) is 5.29. The average molecular weight is 408 g/mol. The molecule has 3 aromatic rings. The highest BCUT2D eigenvalue weighted by Crippen LogP contribution is 2.29. The van der Waals surface area contributed by atoms with E-state index < -0.39 is 0 Å². The molecule has 1 amide bonds. The third-order valence-corrected chi connectivity index (χ3v) is 6.26. The topological polar surface area (TPSA) is 56.7 Å². The summed E-state index contributed by atoms with van der Waals surface area (Å²) in [6.45, 7) is 7.06. The van der Waals surface area contributed by atoms with Gasteiger partial charge in [0.05, 0.1) is 17.1 Å². The number of rotatable bonds is 4. The fraction of sp³-hybridized carbons (Fsp3) is 0.304. The molecule has 0 spiro atoms. The van der Waals surface area contributed by atoms with Crippen LogP contribution in [-0.4, -0.2) is 47.1 Å². The zero-order valence-electron chi connectivity index (χ0n) is 16.8. The maximum atomic E-state index is 13.0. The van der Waals surface area contributed by atoms with E-state index in [1.165, 1.54) is 5.56 Å². The van der Waals surface area contributed by atoms with Crippen LogP contribution in [0, 0.1) is 13.8 Å². The van der Waals surface area contributed by atoms with Gasteiger partial charge in [-0.3, -0.25) is 4.79 Å². The molecule has 0 aliphatic carbocycles. The van der Waals surface area contributed by atoms with Crippen molar-refractivity contribution in [3.8, 4) is 17.0 Å². The van der Waals surface area contributed by atoms with Crippen LogP contribution >= 0.6 is 11.3 Å². The fourth-order valence-corrected chi connectivity index (χ4v) is 4.60. The van der Waals surface area contributed by atoms with Crippen molar-refractivity contribution in [3.63, 3.8) is 0 Å². The van der Waals surface area contributed by atoms with Gasteiger partial charge in [0.25, 0.3) is 0 Å². The van der Waals surface area contributed by atoms with E-state index in [9.17, 15) is 9.90 Å². The van der Waals surface area contributed by atoms with Gasteiger partial charge in [-0.25, -0.2) is 4.98 Å². The first-order valence-corrected chi connectivity index (χ1v) is 10.7. The van der Waals surface area contributed by atoms with Gasteiger partial charge in [-0.2, -0.15) is 0 Å². The van der Waals surface area contributed by atoms with Crippen LogP contribution in [0.25, 0.3) is 11.3 Å². The number of nitrogens with zero attached hydrogens (tertiary/aromatic N) is 3. The Labute approximate surface area is 175 Å². The molecule has 0 bridgehead atoms. The van der Waals surface area contributed by atoms with Gasteiger partial charge >= 0.3 is 0 Å². The lowest BCUT2D eigenvalue weighted by molar-refractivity contribution is -0.130. The number of piperazine rings is 1. The largest absolute Gasteiger partial charge is 0.508 e. The number of phenolic OH excluding ortho intramolecular Hbond substituents is 1. The van der Waals surface area contributed by atoms with Crippen LogP contribution in [0.3, 0.4) is 0 Å². The summed E-state index contributed by atoms with van der Waals surface area (Å²) in [6, 6.07) is 15.6. The van der Waals surface area contributed by atoms with Crippen LogP contribution in [0.2, 0.25) is 0 Å². The molecule has 0 radical (unpaired) electrons. The minimum Gasteiger partial charge on any atom is -0.508 e. The van der Waals surface area contributed by atoms with Gasteiger partial charge in [0.2, 0.25) is 5.91 Å².